The maximum Gasteiger partial charge on any atom is -0.0230 e. The first-order valence-corrected chi connectivity index (χ1v) is 3.88. The van der Waals surface area contributed by atoms with Crippen LogP contribution in [0, 0.1) is 6.92 Å². The fourth-order valence-electron chi connectivity index (χ4n) is 1.15. The van der Waals surface area contributed by atoms with Gasteiger partial charge in [-0.1, -0.05) is 43.8 Å². The summed E-state index contributed by atoms with van der Waals surface area (Å²) in [5.74, 6) is 0. The van der Waals surface area contributed by atoms with Gasteiger partial charge in [0.15, 0.2) is 0 Å². The summed E-state index contributed by atoms with van der Waals surface area (Å²) in [5.41, 5.74) is 2.58. The molecule has 0 aliphatic rings. The summed E-state index contributed by atoms with van der Waals surface area (Å²) < 4.78 is 0. The third kappa shape index (κ3) is 1.94. The van der Waals surface area contributed by atoms with E-state index in [0.29, 0.717) is 0 Å². The molecule has 0 saturated carbocycles. The van der Waals surface area contributed by atoms with Gasteiger partial charge in [0, 0.05) is 0 Å². The van der Waals surface area contributed by atoms with Crippen LogP contribution in [0.2, 0.25) is 0 Å². The summed E-state index contributed by atoms with van der Waals surface area (Å²) >= 11 is 0. The highest BCUT2D eigenvalue weighted by Crippen LogP contribution is 2.11. The lowest BCUT2D eigenvalue weighted by Crippen LogP contribution is -1.86. The Hall–Kier alpha value is -1.04. The minimum Gasteiger partial charge on any atom is -0.0985 e. The summed E-state index contributed by atoms with van der Waals surface area (Å²) in [5, 5.41) is 0. The summed E-state index contributed by atoms with van der Waals surface area (Å²) in [6.07, 6.45) is 3.89. The predicted molar refractivity (Wildman–Crippen MR) is 50.2 cm³/mol. The fraction of sp³-hybridized carbons (Fsp3) is 0.182. The first kappa shape index (κ1) is 8.06. The maximum absolute atomic E-state index is 3.82. The molecule has 0 atom stereocenters. The van der Waals surface area contributed by atoms with Crippen molar-refractivity contribution in [3.8, 4) is 0 Å². The van der Waals surface area contributed by atoms with Crippen LogP contribution in [0.3, 0.4) is 0 Å². The molecule has 0 heterocycles. The molecule has 0 fully saturated rings. The van der Waals surface area contributed by atoms with Gasteiger partial charge in [0.25, 0.3) is 0 Å². The van der Waals surface area contributed by atoms with Crippen LogP contribution in [0.5, 0.6) is 0 Å². The van der Waals surface area contributed by atoms with Crippen molar-refractivity contribution in [1.82, 2.24) is 0 Å². The van der Waals surface area contributed by atoms with Crippen LogP contribution in [0.1, 0.15) is 17.5 Å². The Balaban J connectivity index is 2.92. The van der Waals surface area contributed by atoms with Gasteiger partial charge in [0.2, 0.25) is 0 Å². The predicted octanol–water partition coefficient (Wildman–Crippen LogP) is 3.10. The van der Waals surface area contributed by atoms with Gasteiger partial charge in [0.05, 0.1) is 0 Å². The van der Waals surface area contributed by atoms with E-state index in [1.807, 2.05) is 12.1 Å². The van der Waals surface area contributed by atoms with Crippen molar-refractivity contribution in [3.05, 3.63) is 48.9 Å². The van der Waals surface area contributed by atoms with Crippen molar-refractivity contribution in [1.29, 1.82) is 0 Å². The molecule has 0 nitrogen and oxygen atoms in total. The minimum absolute atomic E-state index is 0.949. The Morgan fingerprint density at radius 3 is 2.64 bits per heavy atom. The Labute approximate surface area is 68.6 Å². The van der Waals surface area contributed by atoms with E-state index in [4.69, 9.17) is 0 Å². The second-order valence-electron chi connectivity index (χ2n) is 2.51. The molecule has 0 amide bonds. The average molecular weight is 145 g/mol. The molecular weight excluding hydrogens is 132 g/mol. The number of benzene rings is 1. The lowest BCUT2D eigenvalue weighted by molar-refractivity contribution is 0.996. The maximum atomic E-state index is 3.82. The molecule has 11 heavy (non-hydrogen) atoms. The number of rotatable bonds is 3. The molecule has 0 spiro atoms. The molecule has 0 aromatic heterocycles. The normalized spacial score (nSPS) is 9.55. The van der Waals surface area contributed by atoms with E-state index in [0.717, 1.165) is 12.8 Å². The van der Waals surface area contributed by atoms with Crippen LogP contribution in [0.15, 0.2) is 30.8 Å². The molecule has 57 valence electrons. The molecule has 0 bridgehead atoms. The molecule has 0 N–H and O–H groups in total. The number of hydrogen-bond acceptors (Lipinski definition) is 0. The highest BCUT2D eigenvalue weighted by atomic mass is 14.0. The van der Waals surface area contributed by atoms with Gasteiger partial charge in [-0.15, -0.1) is 0 Å². The monoisotopic (exact) mass is 145 g/mol. The van der Waals surface area contributed by atoms with Crippen molar-refractivity contribution in [2.24, 2.45) is 0 Å². The topological polar surface area (TPSA) is 0 Å². The molecule has 0 unspecified atom stereocenters. The molecule has 1 radical (unpaired) electrons. The second-order valence-corrected chi connectivity index (χ2v) is 2.51. The zero-order valence-electron chi connectivity index (χ0n) is 6.72. The van der Waals surface area contributed by atoms with Crippen molar-refractivity contribution in [2.75, 3.05) is 0 Å². The lowest BCUT2D eigenvalue weighted by Gasteiger charge is -2.02. The quantitative estimate of drug-likeness (QED) is 0.613. The van der Waals surface area contributed by atoms with Crippen molar-refractivity contribution >= 4 is 6.08 Å². The van der Waals surface area contributed by atoms with Crippen LogP contribution < -0.4 is 0 Å². The van der Waals surface area contributed by atoms with Crippen molar-refractivity contribution in [3.63, 3.8) is 0 Å². The zero-order valence-corrected chi connectivity index (χ0v) is 6.72. The van der Waals surface area contributed by atoms with E-state index in [-0.39, 0.29) is 0 Å². The summed E-state index contributed by atoms with van der Waals surface area (Å²) in [6.45, 7) is 7.58. The molecule has 0 aliphatic heterocycles. The Morgan fingerprint density at radius 2 is 2.00 bits per heavy atom. The molecule has 1 aromatic rings. The van der Waals surface area contributed by atoms with Gasteiger partial charge in [-0.2, -0.15) is 0 Å². The van der Waals surface area contributed by atoms with Crippen molar-refractivity contribution < 1.29 is 0 Å². The van der Waals surface area contributed by atoms with Gasteiger partial charge in [-0.25, -0.2) is 0 Å². The minimum atomic E-state index is 0.949. The van der Waals surface area contributed by atoms with Gasteiger partial charge in [-0.3, -0.25) is 0 Å². The standard InChI is InChI=1S/C11H13/c1-3-7-11-9-6-5-8-10(11)4-2/h4-6,8-9H,1-3,7H2. The largest absolute Gasteiger partial charge is 0.0985 e. The van der Waals surface area contributed by atoms with Crippen molar-refractivity contribution in [2.45, 2.75) is 12.8 Å². The molecule has 1 aromatic carbocycles. The van der Waals surface area contributed by atoms with Gasteiger partial charge >= 0.3 is 0 Å². The summed E-state index contributed by atoms with van der Waals surface area (Å²) in [6, 6.07) is 8.29. The van der Waals surface area contributed by atoms with Crippen LogP contribution in [0.4, 0.5) is 0 Å². The Morgan fingerprint density at radius 1 is 1.27 bits per heavy atom. The highest BCUT2D eigenvalue weighted by molar-refractivity contribution is 5.51. The average Bonchev–Trinajstić information content (AvgIpc) is 2.06. The third-order valence-electron chi connectivity index (χ3n) is 1.72. The molecule has 1 rings (SSSR count). The second kappa shape index (κ2) is 3.97. The van der Waals surface area contributed by atoms with E-state index >= 15 is 0 Å². The first-order valence-electron chi connectivity index (χ1n) is 3.88. The van der Waals surface area contributed by atoms with Gasteiger partial charge in [0.1, 0.15) is 0 Å². The van der Waals surface area contributed by atoms with Crippen LogP contribution in [-0.4, -0.2) is 0 Å². The van der Waals surface area contributed by atoms with Crippen LogP contribution in [0.25, 0.3) is 6.08 Å². The Bertz CT molecular complexity index is 236. The molecule has 0 aliphatic carbocycles. The smallest absolute Gasteiger partial charge is 0.0230 e. The van der Waals surface area contributed by atoms with Crippen LogP contribution >= 0.6 is 0 Å². The zero-order chi connectivity index (χ0) is 8.10. The van der Waals surface area contributed by atoms with E-state index in [1.54, 1.807) is 0 Å². The van der Waals surface area contributed by atoms with E-state index in [2.05, 4.69) is 31.7 Å². The third-order valence-corrected chi connectivity index (χ3v) is 1.72. The summed E-state index contributed by atoms with van der Waals surface area (Å²) in [7, 11) is 0. The first-order chi connectivity index (χ1) is 5.38. The SMILES string of the molecule is [CH2]CCc1ccccc1C=C. The molecular formula is C11H13. The lowest BCUT2D eigenvalue weighted by atomic mass is 10.0. The van der Waals surface area contributed by atoms with E-state index < -0.39 is 0 Å². The van der Waals surface area contributed by atoms with E-state index in [1.165, 1.54) is 11.1 Å². The van der Waals surface area contributed by atoms with Gasteiger partial charge in [-0.05, 0) is 24.0 Å². The van der Waals surface area contributed by atoms with Crippen LogP contribution in [-0.2, 0) is 6.42 Å². The Kier molecular flexibility index (Phi) is 2.91. The summed E-state index contributed by atoms with van der Waals surface area (Å²) in [4.78, 5) is 0. The number of hydrogen-bond donors (Lipinski definition) is 0. The highest BCUT2D eigenvalue weighted by Gasteiger charge is 1.94. The van der Waals surface area contributed by atoms with Gasteiger partial charge < -0.3 is 0 Å². The molecule has 0 heteroatoms. The number of aryl methyl sites for hydroxylation is 1. The molecule has 0 saturated heterocycles. The van der Waals surface area contributed by atoms with E-state index in [9.17, 15) is 0 Å². The fourth-order valence-corrected chi connectivity index (χ4v) is 1.15.